The van der Waals surface area contributed by atoms with E-state index in [1.165, 1.54) is 5.56 Å². The molecule has 1 aromatic heterocycles. The summed E-state index contributed by atoms with van der Waals surface area (Å²) < 4.78 is 0. The largest absolute Gasteiger partial charge is 0.260 e. The molecule has 2 aromatic rings. The van der Waals surface area contributed by atoms with Gasteiger partial charge in [-0.15, -0.1) is 0 Å². The highest BCUT2D eigenvalue weighted by molar-refractivity contribution is 5.70. The highest BCUT2D eigenvalue weighted by Crippen LogP contribution is 2.27. The summed E-state index contributed by atoms with van der Waals surface area (Å²) in [6, 6.07) is 12.6. The molecule has 0 bridgehead atoms. The summed E-state index contributed by atoms with van der Waals surface area (Å²) in [6.45, 7) is 8.52. The van der Waals surface area contributed by atoms with Crippen molar-refractivity contribution in [2.24, 2.45) is 0 Å². The molecule has 19 heavy (non-hydrogen) atoms. The molecule has 2 rings (SSSR count). The van der Waals surface area contributed by atoms with Crippen LogP contribution < -0.4 is 0 Å². The minimum Gasteiger partial charge on any atom is -0.260 e. The Morgan fingerprint density at radius 1 is 1.11 bits per heavy atom. The van der Waals surface area contributed by atoms with Gasteiger partial charge in [0.05, 0.1) is 5.56 Å². The van der Waals surface area contributed by atoms with Crippen LogP contribution in [-0.2, 0) is 5.41 Å². The van der Waals surface area contributed by atoms with Crippen molar-refractivity contribution >= 4 is 0 Å². The molecule has 0 amide bonds. The SMILES string of the molecule is Cc1cc(-c2ccc(C(C)(C)C)cc2)c(C#N)cn1. The van der Waals surface area contributed by atoms with Crippen molar-refractivity contribution in [2.45, 2.75) is 33.1 Å². The number of aromatic nitrogens is 1. The summed E-state index contributed by atoms with van der Waals surface area (Å²) in [5, 5.41) is 9.16. The van der Waals surface area contributed by atoms with Gasteiger partial charge in [-0.2, -0.15) is 5.26 Å². The van der Waals surface area contributed by atoms with E-state index in [9.17, 15) is 0 Å². The Balaban J connectivity index is 2.49. The Morgan fingerprint density at radius 2 is 1.74 bits per heavy atom. The quantitative estimate of drug-likeness (QED) is 0.759. The maximum atomic E-state index is 9.16. The number of aryl methyl sites for hydroxylation is 1. The van der Waals surface area contributed by atoms with Crippen molar-refractivity contribution in [3.63, 3.8) is 0 Å². The molecule has 96 valence electrons. The Hall–Kier alpha value is -2.14. The first-order valence-corrected chi connectivity index (χ1v) is 6.39. The van der Waals surface area contributed by atoms with E-state index < -0.39 is 0 Å². The van der Waals surface area contributed by atoms with Crippen molar-refractivity contribution in [3.05, 3.63) is 53.3 Å². The van der Waals surface area contributed by atoms with Gasteiger partial charge in [0, 0.05) is 17.5 Å². The Morgan fingerprint density at radius 3 is 2.26 bits per heavy atom. The molecule has 0 unspecified atom stereocenters. The molecule has 0 spiro atoms. The zero-order chi connectivity index (χ0) is 14.0. The normalized spacial score (nSPS) is 11.1. The highest BCUT2D eigenvalue weighted by atomic mass is 14.7. The van der Waals surface area contributed by atoms with Gasteiger partial charge >= 0.3 is 0 Å². The average molecular weight is 250 g/mol. The number of hydrogen-bond donors (Lipinski definition) is 0. The first-order valence-electron chi connectivity index (χ1n) is 6.39. The molecule has 0 aliphatic rings. The zero-order valence-corrected chi connectivity index (χ0v) is 11.9. The van der Waals surface area contributed by atoms with Crippen LogP contribution in [0.2, 0.25) is 0 Å². The molecule has 0 radical (unpaired) electrons. The van der Waals surface area contributed by atoms with E-state index in [0.717, 1.165) is 16.8 Å². The molecule has 2 nitrogen and oxygen atoms in total. The number of nitrogens with zero attached hydrogens (tertiary/aromatic N) is 2. The van der Waals surface area contributed by atoms with Crippen LogP contribution in [-0.4, -0.2) is 4.98 Å². The predicted molar refractivity (Wildman–Crippen MR) is 77.8 cm³/mol. The van der Waals surface area contributed by atoms with Gasteiger partial charge in [-0.05, 0) is 29.5 Å². The van der Waals surface area contributed by atoms with Gasteiger partial charge < -0.3 is 0 Å². The predicted octanol–water partition coefficient (Wildman–Crippen LogP) is 4.23. The number of nitriles is 1. The molecule has 0 aliphatic heterocycles. The number of hydrogen-bond acceptors (Lipinski definition) is 2. The lowest BCUT2D eigenvalue weighted by molar-refractivity contribution is 0.590. The summed E-state index contributed by atoms with van der Waals surface area (Å²) in [5.74, 6) is 0. The average Bonchev–Trinajstić information content (AvgIpc) is 2.38. The Labute approximate surface area is 114 Å². The van der Waals surface area contributed by atoms with Crippen LogP contribution >= 0.6 is 0 Å². The van der Waals surface area contributed by atoms with Gasteiger partial charge in [-0.25, -0.2) is 0 Å². The molecule has 2 heteroatoms. The third-order valence-corrected chi connectivity index (χ3v) is 3.22. The fraction of sp³-hybridized carbons (Fsp3) is 0.294. The van der Waals surface area contributed by atoms with Crippen molar-refractivity contribution < 1.29 is 0 Å². The standard InChI is InChI=1S/C17H18N2/c1-12-9-16(14(10-18)11-19-12)13-5-7-15(8-6-13)17(2,3)4/h5-9,11H,1-4H3. The van der Waals surface area contributed by atoms with E-state index in [1.54, 1.807) is 6.20 Å². The van der Waals surface area contributed by atoms with Crippen LogP contribution in [0.5, 0.6) is 0 Å². The van der Waals surface area contributed by atoms with Crippen LogP contribution in [0.15, 0.2) is 36.5 Å². The molecule has 0 aliphatic carbocycles. The number of benzene rings is 1. The minimum absolute atomic E-state index is 0.144. The number of pyridine rings is 1. The highest BCUT2D eigenvalue weighted by Gasteiger charge is 2.13. The first kappa shape index (κ1) is 13.3. The Kier molecular flexibility index (Phi) is 3.40. The second kappa shape index (κ2) is 4.85. The van der Waals surface area contributed by atoms with Gasteiger partial charge in [0.1, 0.15) is 6.07 Å². The second-order valence-electron chi connectivity index (χ2n) is 5.81. The summed E-state index contributed by atoms with van der Waals surface area (Å²) in [4.78, 5) is 4.17. The van der Waals surface area contributed by atoms with Crippen LogP contribution in [0.1, 0.15) is 37.6 Å². The van der Waals surface area contributed by atoms with Gasteiger partial charge in [0.15, 0.2) is 0 Å². The Bertz CT molecular complexity index is 626. The molecule has 0 fully saturated rings. The lowest BCUT2D eigenvalue weighted by atomic mass is 9.86. The van der Waals surface area contributed by atoms with E-state index in [2.05, 4.69) is 56.1 Å². The lowest BCUT2D eigenvalue weighted by Crippen LogP contribution is -2.10. The van der Waals surface area contributed by atoms with Gasteiger partial charge in [-0.1, -0.05) is 45.0 Å². The van der Waals surface area contributed by atoms with Gasteiger partial charge in [0.2, 0.25) is 0 Å². The summed E-state index contributed by atoms with van der Waals surface area (Å²) in [5.41, 5.74) is 5.00. The third kappa shape index (κ3) is 2.82. The number of rotatable bonds is 1. The topological polar surface area (TPSA) is 36.7 Å². The lowest BCUT2D eigenvalue weighted by Gasteiger charge is -2.19. The van der Waals surface area contributed by atoms with Crippen LogP contribution in [0.25, 0.3) is 11.1 Å². The van der Waals surface area contributed by atoms with E-state index >= 15 is 0 Å². The van der Waals surface area contributed by atoms with Crippen LogP contribution in [0.4, 0.5) is 0 Å². The molecular weight excluding hydrogens is 232 g/mol. The maximum absolute atomic E-state index is 9.16. The van der Waals surface area contributed by atoms with Crippen molar-refractivity contribution in [1.29, 1.82) is 5.26 Å². The summed E-state index contributed by atoms with van der Waals surface area (Å²) >= 11 is 0. The molecule has 0 saturated heterocycles. The summed E-state index contributed by atoms with van der Waals surface area (Å²) in [6.07, 6.45) is 1.64. The molecular formula is C17H18N2. The van der Waals surface area contributed by atoms with Crippen LogP contribution in [0.3, 0.4) is 0 Å². The molecule has 0 N–H and O–H groups in total. The molecule has 1 aromatic carbocycles. The first-order chi connectivity index (χ1) is 8.91. The van der Waals surface area contributed by atoms with Gasteiger partial charge in [-0.3, -0.25) is 4.98 Å². The molecule has 0 atom stereocenters. The monoisotopic (exact) mass is 250 g/mol. The summed E-state index contributed by atoms with van der Waals surface area (Å²) in [7, 11) is 0. The zero-order valence-electron chi connectivity index (χ0n) is 11.9. The van der Waals surface area contributed by atoms with Crippen LogP contribution in [0, 0.1) is 18.3 Å². The van der Waals surface area contributed by atoms with E-state index in [1.807, 2.05) is 13.0 Å². The third-order valence-electron chi connectivity index (χ3n) is 3.22. The maximum Gasteiger partial charge on any atom is 0.101 e. The van der Waals surface area contributed by atoms with Crippen molar-refractivity contribution in [3.8, 4) is 17.2 Å². The van der Waals surface area contributed by atoms with E-state index in [-0.39, 0.29) is 5.41 Å². The molecule has 0 saturated carbocycles. The minimum atomic E-state index is 0.144. The van der Waals surface area contributed by atoms with Crippen molar-refractivity contribution in [2.75, 3.05) is 0 Å². The fourth-order valence-electron chi connectivity index (χ4n) is 2.04. The van der Waals surface area contributed by atoms with E-state index in [0.29, 0.717) is 5.56 Å². The smallest absolute Gasteiger partial charge is 0.101 e. The molecule has 1 heterocycles. The van der Waals surface area contributed by atoms with Gasteiger partial charge in [0.25, 0.3) is 0 Å². The fourth-order valence-corrected chi connectivity index (χ4v) is 2.04. The van der Waals surface area contributed by atoms with E-state index in [4.69, 9.17) is 5.26 Å². The van der Waals surface area contributed by atoms with Crippen molar-refractivity contribution in [1.82, 2.24) is 4.98 Å². The second-order valence-corrected chi connectivity index (χ2v) is 5.81.